The molecule has 0 fully saturated rings. The van der Waals surface area contributed by atoms with Gasteiger partial charge in [0.1, 0.15) is 0 Å². The lowest BCUT2D eigenvalue weighted by molar-refractivity contribution is -0.159. The van der Waals surface area contributed by atoms with Gasteiger partial charge in [0.25, 0.3) is 0 Å². The molecule has 1 aliphatic carbocycles. The van der Waals surface area contributed by atoms with E-state index >= 15 is 0 Å². The number of rotatable bonds is 4. The summed E-state index contributed by atoms with van der Waals surface area (Å²) in [4.78, 5) is 20.8. The van der Waals surface area contributed by atoms with Crippen molar-refractivity contribution in [1.82, 2.24) is 14.7 Å². The molecule has 0 saturated carbocycles. The predicted molar refractivity (Wildman–Crippen MR) is 115 cm³/mol. The van der Waals surface area contributed by atoms with Crippen molar-refractivity contribution in [1.29, 1.82) is 0 Å². The molecular formula is C24H25N3O4. The summed E-state index contributed by atoms with van der Waals surface area (Å²) < 4.78 is 2.14. The fraction of sp³-hybridized carbons (Fsp3) is 0.292. The number of carbonyl (C=O) groups is 2. The van der Waals surface area contributed by atoms with E-state index in [0.29, 0.717) is 5.92 Å². The highest BCUT2D eigenvalue weighted by molar-refractivity contribution is 6.27. The minimum Gasteiger partial charge on any atom is -0.473 e. The van der Waals surface area contributed by atoms with Crippen LogP contribution in [0.15, 0.2) is 60.8 Å². The number of hydrogen-bond donors (Lipinski definition) is 2. The number of hydrogen-bond acceptors (Lipinski definition) is 4. The molecule has 1 aliphatic heterocycles. The van der Waals surface area contributed by atoms with Crippen LogP contribution >= 0.6 is 0 Å². The van der Waals surface area contributed by atoms with Crippen molar-refractivity contribution in [3.8, 4) is 5.69 Å². The SMILES string of the molecule is O=C(O)C(=O)O.c1ccc(-n2ncc3c2CCC3CCN2Cc3ccccc3C2)cc1. The van der Waals surface area contributed by atoms with Gasteiger partial charge in [-0.2, -0.15) is 5.10 Å². The number of carboxylic acids is 2. The van der Waals surface area contributed by atoms with E-state index in [1.54, 1.807) is 0 Å². The van der Waals surface area contributed by atoms with E-state index in [9.17, 15) is 0 Å². The Kier molecular flexibility index (Phi) is 6.13. The van der Waals surface area contributed by atoms with Crippen molar-refractivity contribution < 1.29 is 19.8 Å². The number of para-hydroxylation sites is 1. The first kappa shape index (κ1) is 20.8. The molecule has 2 aromatic carbocycles. The molecule has 1 atom stereocenters. The topological polar surface area (TPSA) is 95.7 Å². The van der Waals surface area contributed by atoms with Gasteiger partial charge in [0.15, 0.2) is 0 Å². The van der Waals surface area contributed by atoms with Crippen molar-refractivity contribution in [3.05, 3.63) is 83.2 Å². The number of aliphatic carboxylic acids is 2. The van der Waals surface area contributed by atoms with Gasteiger partial charge in [0, 0.05) is 18.8 Å². The van der Waals surface area contributed by atoms with Gasteiger partial charge < -0.3 is 10.2 Å². The molecule has 0 spiro atoms. The highest BCUT2D eigenvalue weighted by Gasteiger charge is 2.28. The molecule has 31 heavy (non-hydrogen) atoms. The molecule has 0 bridgehead atoms. The molecule has 160 valence electrons. The molecule has 1 unspecified atom stereocenters. The van der Waals surface area contributed by atoms with E-state index < -0.39 is 11.9 Å². The maximum Gasteiger partial charge on any atom is 0.414 e. The van der Waals surface area contributed by atoms with Crippen LogP contribution in [0.4, 0.5) is 0 Å². The predicted octanol–water partition coefficient (Wildman–Crippen LogP) is 3.46. The zero-order chi connectivity index (χ0) is 21.8. The minimum atomic E-state index is -1.82. The number of aromatic nitrogens is 2. The van der Waals surface area contributed by atoms with Crippen LogP contribution in [0.3, 0.4) is 0 Å². The summed E-state index contributed by atoms with van der Waals surface area (Å²) >= 11 is 0. The van der Waals surface area contributed by atoms with Crippen molar-refractivity contribution in [2.24, 2.45) is 0 Å². The fourth-order valence-corrected chi connectivity index (χ4v) is 4.44. The van der Waals surface area contributed by atoms with Crippen molar-refractivity contribution in [2.45, 2.75) is 38.3 Å². The van der Waals surface area contributed by atoms with Crippen LogP contribution in [0.2, 0.25) is 0 Å². The van der Waals surface area contributed by atoms with Crippen LogP contribution in [-0.4, -0.2) is 43.4 Å². The second kappa shape index (κ2) is 9.14. The van der Waals surface area contributed by atoms with E-state index in [1.807, 2.05) is 0 Å². The lowest BCUT2D eigenvalue weighted by atomic mass is 10.0. The average Bonchev–Trinajstić information content (AvgIpc) is 3.48. The zero-order valence-corrected chi connectivity index (χ0v) is 17.1. The van der Waals surface area contributed by atoms with Gasteiger partial charge in [-0.05, 0) is 60.5 Å². The summed E-state index contributed by atoms with van der Waals surface area (Å²) in [7, 11) is 0. The molecule has 3 aromatic rings. The number of fused-ring (bicyclic) bond motifs is 2. The second-order valence-electron chi connectivity index (χ2n) is 7.91. The third-order valence-corrected chi connectivity index (χ3v) is 5.95. The molecule has 0 radical (unpaired) electrons. The van der Waals surface area contributed by atoms with E-state index in [1.165, 1.54) is 47.5 Å². The molecule has 5 rings (SSSR count). The fourth-order valence-electron chi connectivity index (χ4n) is 4.44. The summed E-state index contributed by atoms with van der Waals surface area (Å²) in [6.45, 7) is 3.40. The zero-order valence-electron chi connectivity index (χ0n) is 17.1. The standard InChI is InChI=1S/C22H23N3.C2H2O4/c1-2-8-20(9-3-1)25-22-11-10-17(21(22)14-23-25)12-13-24-15-18-6-4-5-7-19(18)16-24;3-1(4)2(5)6/h1-9,14,17H,10-13,15-16H2;(H,3,4)(H,5,6). The molecular weight excluding hydrogens is 394 g/mol. The molecule has 2 N–H and O–H groups in total. The maximum atomic E-state index is 9.10. The van der Waals surface area contributed by atoms with Crippen LogP contribution in [0.25, 0.3) is 5.69 Å². The lowest BCUT2D eigenvalue weighted by Gasteiger charge is -2.17. The summed E-state index contributed by atoms with van der Waals surface area (Å²) in [6.07, 6.45) is 5.76. The molecule has 0 amide bonds. The number of benzene rings is 2. The first-order valence-corrected chi connectivity index (χ1v) is 10.4. The highest BCUT2D eigenvalue weighted by Crippen LogP contribution is 2.37. The van der Waals surface area contributed by atoms with E-state index in [0.717, 1.165) is 19.5 Å². The lowest BCUT2D eigenvalue weighted by Crippen LogP contribution is -2.19. The van der Waals surface area contributed by atoms with Crippen LogP contribution < -0.4 is 0 Å². The largest absolute Gasteiger partial charge is 0.473 e. The molecule has 2 aliphatic rings. The summed E-state index contributed by atoms with van der Waals surface area (Å²) in [6, 6.07) is 19.4. The van der Waals surface area contributed by atoms with Crippen molar-refractivity contribution in [2.75, 3.05) is 6.54 Å². The molecule has 7 heteroatoms. The van der Waals surface area contributed by atoms with Gasteiger partial charge >= 0.3 is 11.9 Å². The Balaban J connectivity index is 0.000000342. The molecule has 1 aromatic heterocycles. The Morgan fingerprint density at radius 1 is 0.935 bits per heavy atom. The Morgan fingerprint density at radius 2 is 1.55 bits per heavy atom. The van der Waals surface area contributed by atoms with Crippen LogP contribution in [0.1, 0.15) is 41.1 Å². The first-order chi connectivity index (χ1) is 15.0. The minimum absolute atomic E-state index is 0.663. The van der Waals surface area contributed by atoms with Crippen molar-refractivity contribution >= 4 is 11.9 Å². The summed E-state index contributed by atoms with van der Waals surface area (Å²) in [5, 5.41) is 19.5. The van der Waals surface area contributed by atoms with Gasteiger partial charge in [-0.25, -0.2) is 14.3 Å². The van der Waals surface area contributed by atoms with Crippen LogP contribution in [-0.2, 0) is 29.1 Å². The summed E-state index contributed by atoms with van der Waals surface area (Å²) in [5.74, 6) is -2.99. The third kappa shape index (κ3) is 4.67. The van der Waals surface area contributed by atoms with Gasteiger partial charge in [-0.15, -0.1) is 0 Å². The molecule has 7 nitrogen and oxygen atoms in total. The van der Waals surface area contributed by atoms with Gasteiger partial charge in [0.2, 0.25) is 0 Å². The van der Waals surface area contributed by atoms with E-state index in [-0.39, 0.29) is 0 Å². The summed E-state index contributed by atoms with van der Waals surface area (Å²) in [5.41, 5.74) is 7.08. The Morgan fingerprint density at radius 3 is 2.16 bits per heavy atom. The first-order valence-electron chi connectivity index (χ1n) is 10.4. The van der Waals surface area contributed by atoms with Crippen molar-refractivity contribution in [3.63, 3.8) is 0 Å². The Bertz CT molecular complexity index is 1040. The second-order valence-corrected chi connectivity index (χ2v) is 7.91. The normalized spacial score (nSPS) is 16.8. The van der Waals surface area contributed by atoms with Crippen LogP contribution in [0.5, 0.6) is 0 Å². The molecule has 2 heterocycles. The molecule has 0 saturated heterocycles. The van der Waals surface area contributed by atoms with Gasteiger partial charge in [0.05, 0.1) is 11.9 Å². The third-order valence-electron chi connectivity index (χ3n) is 5.95. The van der Waals surface area contributed by atoms with Crippen LogP contribution in [0, 0.1) is 0 Å². The monoisotopic (exact) mass is 419 g/mol. The number of nitrogens with zero attached hydrogens (tertiary/aromatic N) is 3. The average molecular weight is 419 g/mol. The smallest absolute Gasteiger partial charge is 0.414 e. The highest BCUT2D eigenvalue weighted by atomic mass is 16.4. The van der Waals surface area contributed by atoms with Gasteiger partial charge in [-0.3, -0.25) is 4.90 Å². The number of carboxylic acid groups (broad SMARTS) is 2. The van der Waals surface area contributed by atoms with E-state index in [4.69, 9.17) is 19.8 Å². The van der Waals surface area contributed by atoms with E-state index in [2.05, 4.69) is 75.5 Å². The maximum absolute atomic E-state index is 9.10. The van der Waals surface area contributed by atoms with Gasteiger partial charge in [-0.1, -0.05) is 42.5 Å². The Hall–Kier alpha value is -3.45. The Labute approximate surface area is 180 Å². The quantitative estimate of drug-likeness (QED) is 0.629.